The van der Waals surface area contributed by atoms with Crippen LogP contribution in [-0.4, -0.2) is 21.9 Å². The summed E-state index contributed by atoms with van der Waals surface area (Å²) < 4.78 is 9.80. The average Bonchev–Trinajstić information content (AvgIpc) is 2.90. The highest BCUT2D eigenvalue weighted by molar-refractivity contribution is 7.10. The number of anilines is 1. The number of fused-ring (bicyclic) bond motifs is 1. The minimum atomic E-state index is -0.167. The number of pyridine rings is 1. The minimum absolute atomic E-state index is 0.00734. The summed E-state index contributed by atoms with van der Waals surface area (Å²) in [5.41, 5.74) is 3.17. The summed E-state index contributed by atoms with van der Waals surface area (Å²) >= 11 is 1.27. The number of hydrogen-bond acceptors (Lipinski definition) is 5. The maximum Gasteiger partial charge on any atom is 0.262 e. The molecule has 1 amide bonds. The van der Waals surface area contributed by atoms with Crippen molar-refractivity contribution in [3.8, 4) is 5.75 Å². The fourth-order valence-electron chi connectivity index (χ4n) is 2.47. The number of hydrogen-bond donors (Lipinski definition) is 1. The average molecular weight is 303 g/mol. The molecule has 1 aliphatic carbocycles. The molecule has 1 N–H and O–H groups in total. The van der Waals surface area contributed by atoms with Crippen LogP contribution in [-0.2, 0) is 17.6 Å². The summed E-state index contributed by atoms with van der Waals surface area (Å²) in [6.45, 7) is 1.90. The summed E-state index contributed by atoms with van der Waals surface area (Å²) in [6.07, 6.45) is 6.06. The first-order chi connectivity index (χ1) is 10.2. The lowest BCUT2D eigenvalue weighted by Gasteiger charge is -2.18. The van der Waals surface area contributed by atoms with E-state index in [1.807, 2.05) is 19.1 Å². The van der Waals surface area contributed by atoms with Crippen LogP contribution in [0.15, 0.2) is 18.3 Å². The topological polar surface area (TPSA) is 64.1 Å². The van der Waals surface area contributed by atoms with Crippen molar-refractivity contribution in [2.75, 3.05) is 11.9 Å². The van der Waals surface area contributed by atoms with Gasteiger partial charge in [0.15, 0.2) is 6.61 Å². The molecule has 1 aliphatic rings. The van der Waals surface area contributed by atoms with Crippen LogP contribution in [0, 0.1) is 6.92 Å². The summed E-state index contributed by atoms with van der Waals surface area (Å²) in [5, 5.41) is 3.54. The van der Waals surface area contributed by atoms with Crippen LogP contribution in [0.4, 0.5) is 5.00 Å². The predicted octanol–water partition coefficient (Wildman–Crippen LogP) is 2.74. The number of nitrogens with zero attached hydrogens (tertiary/aromatic N) is 2. The van der Waals surface area contributed by atoms with E-state index >= 15 is 0 Å². The van der Waals surface area contributed by atoms with Crippen LogP contribution in [0.3, 0.4) is 0 Å². The molecule has 110 valence electrons. The first-order valence-corrected chi connectivity index (χ1v) is 7.82. The molecule has 0 atom stereocenters. The Morgan fingerprint density at radius 3 is 3.10 bits per heavy atom. The zero-order valence-corrected chi connectivity index (χ0v) is 12.7. The molecule has 2 aromatic rings. The summed E-state index contributed by atoms with van der Waals surface area (Å²) in [4.78, 5) is 16.3. The van der Waals surface area contributed by atoms with Crippen LogP contribution in [0.2, 0.25) is 0 Å². The molecule has 2 heterocycles. The molecule has 2 aromatic heterocycles. The first kappa shape index (κ1) is 14.0. The summed E-state index contributed by atoms with van der Waals surface area (Å²) in [6, 6.07) is 3.69. The molecule has 0 fully saturated rings. The largest absolute Gasteiger partial charge is 0.483 e. The van der Waals surface area contributed by atoms with Gasteiger partial charge in [0.05, 0.1) is 5.69 Å². The van der Waals surface area contributed by atoms with Crippen LogP contribution in [0.25, 0.3) is 0 Å². The monoisotopic (exact) mass is 303 g/mol. The molecule has 0 aliphatic heterocycles. The third-order valence-electron chi connectivity index (χ3n) is 3.44. The smallest absolute Gasteiger partial charge is 0.262 e. The Balaban J connectivity index is 1.61. The Bertz CT molecular complexity index is 654. The van der Waals surface area contributed by atoms with Gasteiger partial charge in [-0.15, -0.1) is 0 Å². The number of aryl methyl sites for hydroxylation is 2. The highest BCUT2D eigenvalue weighted by atomic mass is 32.1. The molecule has 0 aromatic carbocycles. The molecule has 5 nitrogen and oxygen atoms in total. The maximum absolute atomic E-state index is 11.9. The van der Waals surface area contributed by atoms with Crippen molar-refractivity contribution in [3.05, 3.63) is 35.3 Å². The van der Waals surface area contributed by atoms with Crippen LogP contribution < -0.4 is 10.1 Å². The normalized spacial score (nSPS) is 13.6. The SMILES string of the molecule is Cc1cc(NC(=O)COc2ccnc3c2CCCC3)sn1. The van der Waals surface area contributed by atoms with E-state index < -0.39 is 0 Å². The van der Waals surface area contributed by atoms with Crippen molar-refractivity contribution in [1.29, 1.82) is 0 Å². The van der Waals surface area contributed by atoms with E-state index in [2.05, 4.69) is 14.7 Å². The zero-order valence-electron chi connectivity index (χ0n) is 11.9. The fourth-order valence-corrected chi connectivity index (χ4v) is 3.15. The molecule has 21 heavy (non-hydrogen) atoms. The summed E-state index contributed by atoms with van der Waals surface area (Å²) in [5.74, 6) is 0.621. The molecule has 0 spiro atoms. The lowest BCUT2D eigenvalue weighted by Crippen LogP contribution is -2.20. The quantitative estimate of drug-likeness (QED) is 0.943. The third kappa shape index (κ3) is 3.39. The van der Waals surface area contributed by atoms with Gasteiger partial charge in [-0.3, -0.25) is 9.78 Å². The molecular formula is C15H17N3O2S. The van der Waals surface area contributed by atoms with E-state index in [9.17, 15) is 4.79 Å². The lowest BCUT2D eigenvalue weighted by molar-refractivity contribution is -0.118. The molecule has 0 radical (unpaired) electrons. The van der Waals surface area contributed by atoms with Gasteiger partial charge >= 0.3 is 0 Å². The van der Waals surface area contributed by atoms with E-state index in [1.54, 1.807) is 6.20 Å². The molecule has 3 rings (SSSR count). The van der Waals surface area contributed by atoms with Crippen LogP contribution in [0.5, 0.6) is 5.75 Å². The zero-order chi connectivity index (χ0) is 14.7. The third-order valence-corrected chi connectivity index (χ3v) is 4.24. The van der Waals surface area contributed by atoms with E-state index in [0.29, 0.717) is 0 Å². The van der Waals surface area contributed by atoms with E-state index in [-0.39, 0.29) is 12.5 Å². The van der Waals surface area contributed by atoms with Crippen molar-refractivity contribution in [2.24, 2.45) is 0 Å². The van der Waals surface area contributed by atoms with Crippen molar-refractivity contribution in [2.45, 2.75) is 32.6 Å². The van der Waals surface area contributed by atoms with E-state index in [4.69, 9.17) is 4.74 Å². The van der Waals surface area contributed by atoms with Crippen molar-refractivity contribution >= 4 is 22.4 Å². The Morgan fingerprint density at radius 1 is 1.43 bits per heavy atom. The van der Waals surface area contributed by atoms with Gasteiger partial charge in [0.25, 0.3) is 5.91 Å². The fraction of sp³-hybridized carbons (Fsp3) is 0.400. The molecule has 0 bridgehead atoms. The number of carbonyl (C=O) groups is 1. The highest BCUT2D eigenvalue weighted by Gasteiger charge is 2.16. The molecule has 0 unspecified atom stereocenters. The van der Waals surface area contributed by atoms with Crippen LogP contribution >= 0.6 is 11.5 Å². The number of amides is 1. The van der Waals surface area contributed by atoms with Gasteiger partial charge in [-0.2, -0.15) is 4.37 Å². The van der Waals surface area contributed by atoms with Gasteiger partial charge in [-0.1, -0.05) is 0 Å². The van der Waals surface area contributed by atoms with Crippen molar-refractivity contribution in [1.82, 2.24) is 9.36 Å². The van der Waals surface area contributed by atoms with E-state index in [1.165, 1.54) is 18.0 Å². The van der Waals surface area contributed by atoms with Crippen molar-refractivity contribution < 1.29 is 9.53 Å². The Hall–Kier alpha value is -1.95. The predicted molar refractivity (Wildman–Crippen MR) is 81.9 cm³/mol. The minimum Gasteiger partial charge on any atom is -0.483 e. The second kappa shape index (κ2) is 6.22. The maximum atomic E-state index is 11.9. The number of carbonyl (C=O) groups excluding carboxylic acids is 1. The molecular weight excluding hydrogens is 286 g/mol. The van der Waals surface area contributed by atoms with Gasteiger partial charge in [0.2, 0.25) is 0 Å². The first-order valence-electron chi connectivity index (χ1n) is 7.05. The number of ether oxygens (including phenoxy) is 1. The Kier molecular flexibility index (Phi) is 4.15. The lowest BCUT2D eigenvalue weighted by atomic mass is 9.95. The van der Waals surface area contributed by atoms with Gasteiger partial charge in [-0.05, 0) is 56.3 Å². The van der Waals surface area contributed by atoms with Gasteiger partial charge in [0.1, 0.15) is 10.8 Å². The number of aromatic nitrogens is 2. The van der Waals surface area contributed by atoms with Gasteiger partial charge < -0.3 is 10.1 Å². The standard InChI is InChI=1S/C15H17N3O2S/c1-10-8-15(21-18-10)17-14(19)9-20-13-6-7-16-12-5-3-2-4-11(12)13/h6-8H,2-5,9H2,1H3,(H,17,19). The Morgan fingerprint density at radius 2 is 2.29 bits per heavy atom. The molecule has 0 saturated carbocycles. The van der Waals surface area contributed by atoms with Crippen LogP contribution in [0.1, 0.15) is 29.8 Å². The molecule has 0 saturated heterocycles. The second-order valence-corrected chi connectivity index (χ2v) is 5.92. The second-order valence-electron chi connectivity index (χ2n) is 5.11. The van der Waals surface area contributed by atoms with Gasteiger partial charge in [0, 0.05) is 17.5 Å². The Labute approximate surface area is 127 Å². The van der Waals surface area contributed by atoms with Gasteiger partial charge in [-0.25, -0.2) is 0 Å². The number of nitrogens with one attached hydrogen (secondary N) is 1. The summed E-state index contributed by atoms with van der Waals surface area (Å²) in [7, 11) is 0. The number of rotatable bonds is 4. The van der Waals surface area contributed by atoms with Crippen molar-refractivity contribution in [3.63, 3.8) is 0 Å². The molecule has 6 heteroatoms. The van der Waals surface area contributed by atoms with E-state index in [0.717, 1.165) is 47.0 Å². The highest BCUT2D eigenvalue weighted by Crippen LogP contribution is 2.27.